The van der Waals surface area contributed by atoms with Gasteiger partial charge in [0, 0.05) is 12.1 Å². The van der Waals surface area contributed by atoms with Crippen molar-refractivity contribution in [2.75, 3.05) is 17.3 Å². The summed E-state index contributed by atoms with van der Waals surface area (Å²) in [5, 5.41) is 8.94. The molecule has 0 unspecified atom stereocenters. The van der Waals surface area contributed by atoms with Crippen LogP contribution in [0.2, 0.25) is 0 Å². The maximum Gasteiger partial charge on any atom is 0.233 e. The van der Waals surface area contributed by atoms with Crippen LogP contribution in [0.5, 0.6) is 0 Å². The van der Waals surface area contributed by atoms with E-state index in [1.807, 2.05) is 23.3 Å². The molecule has 2 aliphatic rings. The highest BCUT2D eigenvalue weighted by molar-refractivity contribution is 7.99. The minimum absolute atomic E-state index is 0.00418. The molecule has 1 saturated carbocycles. The van der Waals surface area contributed by atoms with E-state index in [9.17, 15) is 13.2 Å². The molecule has 1 atom stereocenters. The standard InChI is InChI=1S/C21H28N4O3S2/c1-15-7-8-16(2)19(11-15)24-14-22-23-21(24)29-12-20(26)25(17-5-3-4-6-17)18-9-10-30(27,28)13-18/h7-8,11,14,17-18H,3-6,9-10,12-13H2,1-2H3/t18-/m0/s1. The Bertz CT molecular complexity index is 1030. The second-order valence-corrected chi connectivity index (χ2v) is 11.5. The number of aromatic nitrogens is 3. The fraction of sp³-hybridized carbons (Fsp3) is 0.571. The molecule has 30 heavy (non-hydrogen) atoms. The Morgan fingerprint density at radius 3 is 2.67 bits per heavy atom. The lowest BCUT2D eigenvalue weighted by Crippen LogP contribution is -2.47. The van der Waals surface area contributed by atoms with Gasteiger partial charge in [0.2, 0.25) is 5.91 Å². The van der Waals surface area contributed by atoms with E-state index in [4.69, 9.17) is 0 Å². The van der Waals surface area contributed by atoms with Crippen LogP contribution in [-0.4, -0.2) is 63.3 Å². The van der Waals surface area contributed by atoms with E-state index in [0.717, 1.165) is 42.5 Å². The average Bonchev–Trinajstić information content (AvgIpc) is 3.44. The monoisotopic (exact) mass is 448 g/mol. The van der Waals surface area contributed by atoms with E-state index in [1.54, 1.807) is 6.33 Å². The van der Waals surface area contributed by atoms with E-state index in [1.165, 1.54) is 11.8 Å². The lowest BCUT2D eigenvalue weighted by atomic mass is 10.1. The molecule has 2 fully saturated rings. The Morgan fingerprint density at radius 1 is 1.20 bits per heavy atom. The molecule has 0 N–H and O–H groups in total. The fourth-order valence-electron chi connectivity index (χ4n) is 4.55. The zero-order chi connectivity index (χ0) is 21.3. The summed E-state index contributed by atoms with van der Waals surface area (Å²) in [6, 6.07) is 6.18. The highest BCUT2D eigenvalue weighted by Crippen LogP contribution is 2.31. The molecule has 1 amide bonds. The van der Waals surface area contributed by atoms with Crippen LogP contribution < -0.4 is 0 Å². The molecular formula is C21H28N4O3S2. The molecule has 1 aromatic heterocycles. The van der Waals surface area contributed by atoms with Crippen LogP contribution in [0.3, 0.4) is 0 Å². The quantitative estimate of drug-likeness (QED) is 0.632. The van der Waals surface area contributed by atoms with Gasteiger partial charge in [-0.05, 0) is 50.3 Å². The first-order valence-corrected chi connectivity index (χ1v) is 13.3. The molecule has 2 aromatic rings. The van der Waals surface area contributed by atoms with Gasteiger partial charge < -0.3 is 4.90 Å². The van der Waals surface area contributed by atoms with Crippen LogP contribution in [0.1, 0.15) is 43.2 Å². The summed E-state index contributed by atoms with van der Waals surface area (Å²) in [4.78, 5) is 15.1. The number of rotatable bonds is 6. The zero-order valence-corrected chi connectivity index (χ0v) is 19.1. The third-order valence-corrected chi connectivity index (χ3v) is 8.75. The van der Waals surface area contributed by atoms with Gasteiger partial charge in [0.15, 0.2) is 15.0 Å². The van der Waals surface area contributed by atoms with E-state index in [2.05, 4.69) is 28.4 Å². The molecule has 0 radical (unpaired) electrons. The number of sulfone groups is 1. The molecule has 1 saturated heterocycles. The van der Waals surface area contributed by atoms with Crippen LogP contribution in [0, 0.1) is 13.8 Å². The second-order valence-electron chi connectivity index (χ2n) is 8.36. The predicted molar refractivity (Wildman–Crippen MR) is 118 cm³/mol. The fourth-order valence-corrected chi connectivity index (χ4v) is 7.05. The van der Waals surface area contributed by atoms with Crippen molar-refractivity contribution in [3.63, 3.8) is 0 Å². The van der Waals surface area contributed by atoms with Crippen molar-refractivity contribution >= 4 is 27.5 Å². The highest BCUT2D eigenvalue weighted by Gasteiger charge is 2.39. The summed E-state index contributed by atoms with van der Waals surface area (Å²) >= 11 is 1.37. The predicted octanol–water partition coefficient (Wildman–Crippen LogP) is 2.93. The second kappa shape index (κ2) is 8.70. The van der Waals surface area contributed by atoms with Gasteiger partial charge >= 0.3 is 0 Å². The summed E-state index contributed by atoms with van der Waals surface area (Å²) in [5.74, 6) is 0.516. The minimum Gasteiger partial charge on any atom is -0.335 e. The molecule has 0 bridgehead atoms. The lowest BCUT2D eigenvalue weighted by molar-refractivity contribution is -0.132. The normalized spacial score (nSPS) is 21.2. The third-order valence-electron chi connectivity index (χ3n) is 6.07. The molecule has 4 rings (SSSR count). The Hall–Kier alpha value is -1.87. The maximum absolute atomic E-state index is 13.2. The first-order valence-electron chi connectivity index (χ1n) is 10.5. The molecule has 1 aromatic carbocycles. The molecule has 162 valence electrons. The molecule has 7 nitrogen and oxygen atoms in total. The Balaban J connectivity index is 1.51. The Kier molecular flexibility index (Phi) is 6.20. The molecule has 9 heteroatoms. The van der Waals surface area contributed by atoms with Gasteiger partial charge in [-0.15, -0.1) is 10.2 Å². The maximum atomic E-state index is 13.2. The van der Waals surface area contributed by atoms with Crippen molar-refractivity contribution in [1.82, 2.24) is 19.7 Å². The molecule has 1 aliphatic carbocycles. The minimum atomic E-state index is -3.04. The first-order chi connectivity index (χ1) is 14.3. The number of thioether (sulfide) groups is 1. The van der Waals surface area contributed by atoms with E-state index < -0.39 is 9.84 Å². The van der Waals surface area contributed by atoms with Gasteiger partial charge in [-0.3, -0.25) is 9.36 Å². The lowest BCUT2D eigenvalue weighted by Gasteiger charge is -2.34. The van der Waals surface area contributed by atoms with Gasteiger partial charge in [0.1, 0.15) is 6.33 Å². The number of carbonyl (C=O) groups is 1. The van der Waals surface area contributed by atoms with Crippen LogP contribution in [-0.2, 0) is 14.6 Å². The van der Waals surface area contributed by atoms with Gasteiger partial charge in [-0.2, -0.15) is 0 Å². The number of nitrogens with zero attached hydrogens (tertiary/aromatic N) is 4. The highest BCUT2D eigenvalue weighted by atomic mass is 32.2. The Morgan fingerprint density at radius 2 is 1.97 bits per heavy atom. The smallest absolute Gasteiger partial charge is 0.233 e. The van der Waals surface area contributed by atoms with Crippen LogP contribution in [0.25, 0.3) is 5.69 Å². The van der Waals surface area contributed by atoms with Crippen molar-refractivity contribution in [2.24, 2.45) is 0 Å². The van der Waals surface area contributed by atoms with Gasteiger partial charge in [-0.25, -0.2) is 8.42 Å². The summed E-state index contributed by atoms with van der Waals surface area (Å²) in [6.07, 6.45) is 6.35. The van der Waals surface area contributed by atoms with E-state index >= 15 is 0 Å². The summed E-state index contributed by atoms with van der Waals surface area (Å²) < 4.78 is 26.0. The van der Waals surface area contributed by atoms with Crippen molar-refractivity contribution in [1.29, 1.82) is 0 Å². The zero-order valence-electron chi connectivity index (χ0n) is 17.5. The van der Waals surface area contributed by atoms with Crippen molar-refractivity contribution in [3.05, 3.63) is 35.7 Å². The van der Waals surface area contributed by atoms with Crippen molar-refractivity contribution in [3.8, 4) is 5.69 Å². The van der Waals surface area contributed by atoms with Crippen LogP contribution in [0.4, 0.5) is 0 Å². The average molecular weight is 449 g/mol. The van der Waals surface area contributed by atoms with Crippen LogP contribution >= 0.6 is 11.8 Å². The topological polar surface area (TPSA) is 85.2 Å². The molecular weight excluding hydrogens is 420 g/mol. The number of hydrogen-bond acceptors (Lipinski definition) is 6. The van der Waals surface area contributed by atoms with Gasteiger partial charge in [0.05, 0.1) is 22.9 Å². The molecule has 1 aliphatic heterocycles. The first kappa shape index (κ1) is 21.4. The largest absolute Gasteiger partial charge is 0.335 e. The van der Waals surface area contributed by atoms with Crippen molar-refractivity contribution in [2.45, 2.75) is 63.2 Å². The number of carbonyl (C=O) groups excluding carboxylic acids is 1. The molecule has 0 spiro atoms. The number of benzene rings is 1. The summed E-state index contributed by atoms with van der Waals surface area (Å²) in [6.45, 7) is 4.08. The number of hydrogen-bond donors (Lipinski definition) is 0. The number of amides is 1. The Labute approximate surface area is 182 Å². The SMILES string of the molecule is Cc1ccc(C)c(-n2cnnc2SCC(=O)N(C2CCCC2)[C@H]2CCS(=O)(=O)C2)c1. The van der Waals surface area contributed by atoms with E-state index in [-0.39, 0.29) is 35.2 Å². The van der Waals surface area contributed by atoms with E-state index in [0.29, 0.717) is 11.6 Å². The van der Waals surface area contributed by atoms with Gasteiger partial charge in [0.25, 0.3) is 0 Å². The van der Waals surface area contributed by atoms with Crippen molar-refractivity contribution < 1.29 is 13.2 Å². The number of aryl methyl sites for hydroxylation is 2. The molecule has 2 heterocycles. The summed E-state index contributed by atoms with van der Waals surface area (Å²) in [7, 11) is -3.04. The van der Waals surface area contributed by atoms with Gasteiger partial charge in [-0.1, -0.05) is 36.7 Å². The third kappa shape index (κ3) is 4.56. The summed E-state index contributed by atoms with van der Waals surface area (Å²) in [5.41, 5.74) is 3.26. The van der Waals surface area contributed by atoms with Crippen LogP contribution in [0.15, 0.2) is 29.7 Å².